The van der Waals surface area contributed by atoms with Gasteiger partial charge in [0, 0.05) is 30.9 Å². The predicted molar refractivity (Wildman–Crippen MR) is 134 cm³/mol. The van der Waals surface area contributed by atoms with Crippen molar-refractivity contribution in [1.29, 1.82) is 0 Å². The van der Waals surface area contributed by atoms with Crippen molar-refractivity contribution in [3.63, 3.8) is 0 Å². The first-order chi connectivity index (χ1) is 16.4. The Morgan fingerprint density at radius 1 is 1.18 bits per heavy atom. The smallest absolute Gasteiger partial charge is 0.267 e. The maximum Gasteiger partial charge on any atom is 0.267 e. The Balaban J connectivity index is 1.79. The van der Waals surface area contributed by atoms with Crippen molar-refractivity contribution in [2.75, 3.05) is 13.1 Å². The summed E-state index contributed by atoms with van der Waals surface area (Å²) >= 11 is 0. The Bertz CT molecular complexity index is 1360. The molecule has 5 heteroatoms. The average Bonchev–Trinajstić information content (AvgIpc) is 3.20. The van der Waals surface area contributed by atoms with E-state index >= 15 is 0 Å². The van der Waals surface area contributed by atoms with E-state index in [2.05, 4.69) is 23.4 Å². The Labute approximate surface area is 198 Å². The topological polar surface area (TPSA) is 32.7 Å². The van der Waals surface area contributed by atoms with E-state index in [1.54, 1.807) is 12.3 Å². The van der Waals surface area contributed by atoms with Crippen LogP contribution in [0, 0.1) is 0 Å². The molecule has 172 valence electrons. The average molecular weight is 457 g/mol. The van der Waals surface area contributed by atoms with Gasteiger partial charge in [0.25, 0.3) is 11.8 Å². The number of alkyl halides is 2. The minimum absolute atomic E-state index is 0.0676. The van der Waals surface area contributed by atoms with Crippen LogP contribution in [0.2, 0.25) is 0 Å². The predicted octanol–water partition coefficient (Wildman–Crippen LogP) is 4.88. The number of halogens is 2. The van der Waals surface area contributed by atoms with Crippen molar-refractivity contribution in [3.05, 3.63) is 106 Å². The second kappa shape index (κ2) is 9.98. The van der Waals surface area contributed by atoms with Gasteiger partial charge in [0.1, 0.15) is 0 Å². The molecule has 1 amide bonds. The minimum Gasteiger partial charge on any atom is -0.332 e. The number of hydrogen-bond acceptors (Lipinski definition) is 2. The zero-order valence-electron chi connectivity index (χ0n) is 19.1. The molecule has 34 heavy (non-hydrogen) atoms. The number of likely N-dealkylation sites (tertiary alicyclic amines) is 1. The molecule has 0 radical (unpaired) electrons. The number of fused-ring (bicyclic) bond motifs is 1. The maximum absolute atomic E-state index is 13.7. The molecule has 1 saturated heterocycles. The molecule has 0 unspecified atom stereocenters. The van der Waals surface area contributed by atoms with Crippen LogP contribution in [0.1, 0.15) is 41.3 Å². The molecule has 1 heterocycles. The Morgan fingerprint density at radius 2 is 1.94 bits per heavy atom. The number of aliphatic imine (C=N–C) groups is 1. The van der Waals surface area contributed by atoms with Crippen molar-refractivity contribution in [2.24, 2.45) is 4.99 Å². The molecule has 0 bridgehead atoms. The van der Waals surface area contributed by atoms with Gasteiger partial charge < -0.3 is 4.90 Å². The highest BCUT2D eigenvalue weighted by atomic mass is 19.3. The molecule has 0 saturated carbocycles. The van der Waals surface area contributed by atoms with Crippen LogP contribution in [0.4, 0.5) is 8.78 Å². The third kappa shape index (κ3) is 5.05. The minimum atomic E-state index is -2.82. The summed E-state index contributed by atoms with van der Waals surface area (Å²) in [6, 6.07) is 13.5. The monoisotopic (exact) mass is 456 g/mol. The normalized spacial score (nSPS) is 17.3. The summed E-state index contributed by atoms with van der Waals surface area (Å²) in [4.78, 5) is 18.3. The summed E-state index contributed by atoms with van der Waals surface area (Å²) in [7, 11) is 0. The van der Waals surface area contributed by atoms with Gasteiger partial charge in [-0.1, -0.05) is 49.1 Å². The fourth-order valence-electron chi connectivity index (χ4n) is 4.20. The van der Waals surface area contributed by atoms with Gasteiger partial charge >= 0.3 is 0 Å². The molecule has 0 aromatic heterocycles. The van der Waals surface area contributed by atoms with Gasteiger partial charge in [0.05, 0.1) is 6.54 Å². The van der Waals surface area contributed by atoms with E-state index in [0.717, 1.165) is 32.7 Å². The largest absolute Gasteiger partial charge is 0.332 e. The summed E-state index contributed by atoms with van der Waals surface area (Å²) in [5.74, 6) is -3.18. The first-order valence-corrected chi connectivity index (χ1v) is 11.3. The molecule has 4 rings (SSSR count). The van der Waals surface area contributed by atoms with Gasteiger partial charge in [-0.15, -0.1) is 5.73 Å². The zero-order chi connectivity index (χ0) is 24.1. The van der Waals surface area contributed by atoms with E-state index in [4.69, 9.17) is 0 Å². The van der Waals surface area contributed by atoms with Gasteiger partial charge in [-0.3, -0.25) is 9.79 Å². The summed E-state index contributed by atoms with van der Waals surface area (Å²) in [5.41, 5.74) is 7.51. The van der Waals surface area contributed by atoms with Crippen LogP contribution < -0.4 is 10.4 Å². The summed E-state index contributed by atoms with van der Waals surface area (Å²) in [5, 5.41) is 1.87. The molecule has 1 aliphatic carbocycles. The van der Waals surface area contributed by atoms with Gasteiger partial charge in [-0.05, 0) is 70.3 Å². The van der Waals surface area contributed by atoms with E-state index in [-0.39, 0.29) is 18.9 Å². The van der Waals surface area contributed by atoms with Crippen molar-refractivity contribution in [3.8, 4) is 0 Å². The molecule has 1 aliphatic heterocycles. The van der Waals surface area contributed by atoms with Gasteiger partial charge in [-0.2, -0.15) is 0 Å². The van der Waals surface area contributed by atoms with Crippen molar-refractivity contribution < 1.29 is 13.6 Å². The van der Waals surface area contributed by atoms with E-state index < -0.39 is 12.5 Å². The number of hydrogen-bond donors (Lipinski definition) is 0. The van der Waals surface area contributed by atoms with Gasteiger partial charge in [0.2, 0.25) is 0 Å². The highest BCUT2D eigenvalue weighted by Crippen LogP contribution is 2.27. The fraction of sp³-hybridized carbons (Fsp3) is 0.207. The number of amides is 1. The van der Waals surface area contributed by atoms with E-state index in [0.29, 0.717) is 12.0 Å². The molecule has 0 atom stereocenters. The highest BCUT2D eigenvalue weighted by Gasteiger charge is 2.40. The third-order valence-electron chi connectivity index (χ3n) is 6.01. The van der Waals surface area contributed by atoms with Gasteiger partial charge in [0.15, 0.2) is 0 Å². The molecule has 1 fully saturated rings. The van der Waals surface area contributed by atoms with Gasteiger partial charge in [-0.25, -0.2) is 8.78 Å². The molecular formula is C29H26F2N2O. The summed E-state index contributed by atoms with van der Waals surface area (Å²) in [6.45, 7) is 5.11. The van der Waals surface area contributed by atoms with Crippen molar-refractivity contribution >= 4 is 29.3 Å². The molecule has 0 spiro atoms. The van der Waals surface area contributed by atoms with Crippen LogP contribution in [0.5, 0.6) is 0 Å². The van der Waals surface area contributed by atoms with Crippen LogP contribution in [0.25, 0.3) is 17.2 Å². The van der Waals surface area contributed by atoms with Crippen LogP contribution in [0.15, 0.2) is 84.2 Å². The lowest BCUT2D eigenvalue weighted by Crippen LogP contribution is -2.34. The quantitative estimate of drug-likeness (QED) is 0.466. The standard InChI is InChI=1S/C29H26F2N2O/c1-3-21(19-32-4-2)22-10-12-24(13-11-22)26-9-7-5-6-8-23-14-15-25(18-27(23)26)28(34)33-17-16-29(30,31)20-33/h3-5,8-15,18-19H,2,6,16-17,20H2,1H3/b21-3+,23-8?,27-26?,32-19?. The fourth-order valence-corrected chi connectivity index (χ4v) is 4.20. The number of benzene rings is 2. The maximum atomic E-state index is 13.7. The van der Waals surface area contributed by atoms with Crippen molar-refractivity contribution in [1.82, 2.24) is 4.90 Å². The number of nitrogens with zero attached hydrogens (tertiary/aromatic N) is 2. The molecule has 2 aliphatic rings. The second-order valence-electron chi connectivity index (χ2n) is 8.29. The third-order valence-corrected chi connectivity index (χ3v) is 6.01. The Kier molecular flexibility index (Phi) is 6.85. The number of carbonyl (C=O) groups excluding carboxylic acids is 1. The first kappa shape index (κ1) is 23.3. The molecule has 0 N–H and O–H groups in total. The van der Waals surface area contributed by atoms with Crippen molar-refractivity contribution in [2.45, 2.75) is 25.7 Å². The Hall–Kier alpha value is -3.82. The molecular weight excluding hydrogens is 430 g/mol. The summed E-state index contributed by atoms with van der Waals surface area (Å²) in [6.07, 6.45) is 11.6. The molecule has 3 nitrogen and oxygen atoms in total. The lowest BCUT2D eigenvalue weighted by molar-refractivity contribution is 0.0120. The lowest BCUT2D eigenvalue weighted by Gasteiger charge is -2.16. The number of rotatable bonds is 5. The SMILES string of the molecule is C=CN=C/C(=C\C)c1ccc(C2=c3cc(C(=O)N4CCC(F)(F)C4)ccc3=CCC=C=C2)cc1. The van der Waals surface area contributed by atoms with E-state index in [1.807, 2.05) is 61.5 Å². The van der Waals surface area contributed by atoms with E-state index in [9.17, 15) is 13.6 Å². The first-order valence-electron chi connectivity index (χ1n) is 11.3. The van der Waals surface area contributed by atoms with E-state index in [1.165, 1.54) is 11.1 Å². The van der Waals surface area contributed by atoms with Crippen LogP contribution in [-0.4, -0.2) is 36.0 Å². The number of allylic oxidation sites excluding steroid dienone is 3. The second-order valence-corrected chi connectivity index (χ2v) is 8.29. The number of carbonyl (C=O) groups is 1. The highest BCUT2D eigenvalue weighted by molar-refractivity contribution is 6.09. The lowest BCUT2D eigenvalue weighted by atomic mass is 9.96. The Morgan fingerprint density at radius 3 is 2.62 bits per heavy atom. The molecule has 2 aromatic rings. The van der Waals surface area contributed by atoms with Crippen LogP contribution in [-0.2, 0) is 0 Å². The molecule has 2 aromatic carbocycles. The summed E-state index contributed by atoms with van der Waals surface area (Å²) < 4.78 is 27.3. The zero-order valence-corrected chi connectivity index (χ0v) is 19.1. The van der Waals surface area contributed by atoms with Crippen LogP contribution >= 0.6 is 0 Å². The van der Waals surface area contributed by atoms with Crippen LogP contribution in [0.3, 0.4) is 0 Å².